The van der Waals surface area contributed by atoms with Gasteiger partial charge in [0.15, 0.2) is 0 Å². The number of nitrogens with zero attached hydrogens (tertiary/aromatic N) is 1. The van der Waals surface area contributed by atoms with Crippen molar-refractivity contribution in [3.05, 3.63) is 18.2 Å². The van der Waals surface area contributed by atoms with E-state index in [9.17, 15) is 22.1 Å². The fourth-order valence-corrected chi connectivity index (χ4v) is 5.58. The number of sulfonamides is 2. The van der Waals surface area contributed by atoms with Crippen molar-refractivity contribution in [2.24, 2.45) is 5.92 Å². The Morgan fingerprint density at radius 2 is 1.86 bits per heavy atom. The monoisotopic (exact) mass is 429 g/mol. The Balaban J connectivity index is 2.35. The van der Waals surface area contributed by atoms with Gasteiger partial charge in [-0.25, -0.2) is 16.8 Å². The van der Waals surface area contributed by atoms with Gasteiger partial charge in [0, 0.05) is 6.07 Å². The van der Waals surface area contributed by atoms with Crippen molar-refractivity contribution in [3.8, 4) is 11.8 Å². The van der Waals surface area contributed by atoms with Crippen molar-refractivity contribution in [2.75, 3.05) is 17.6 Å². The molecule has 0 unspecified atom stereocenters. The lowest BCUT2D eigenvalue weighted by atomic mass is 9.77. The van der Waals surface area contributed by atoms with Crippen molar-refractivity contribution >= 4 is 25.7 Å². The Morgan fingerprint density at radius 3 is 2.39 bits per heavy atom. The summed E-state index contributed by atoms with van der Waals surface area (Å²) in [6, 6.07) is 6.08. The van der Waals surface area contributed by atoms with Gasteiger partial charge in [0.25, 0.3) is 0 Å². The smallest absolute Gasteiger partial charge is 0.245 e. The molecule has 1 aromatic carbocycles. The molecule has 0 aromatic heterocycles. The molecule has 0 aliphatic heterocycles. The highest BCUT2D eigenvalue weighted by Gasteiger charge is 2.39. The SMILES string of the molecule is CCS(=O)(=O)Nc1ccc(S(=O)(=O)N[C@@](C)(C#N)C2CCCCC2)c(OC)c1. The fourth-order valence-electron chi connectivity index (χ4n) is 3.42. The van der Waals surface area contributed by atoms with Gasteiger partial charge in [0.1, 0.15) is 16.2 Å². The van der Waals surface area contributed by atoms with Crippen LogP contribution >= 0.6 is 0 Å². The first kappa shape index (κ1) is 22.5. The Morgan fingerprint density at radius 1 is 1.21 bits per heavy atom. The summed E-state index contributed by atoms with van der Waals surface area (Å²) in [6.45, 7) is 3.10. The van der Waals surface area contributed by atoms with Crippen LogP contribution in [0.5, 0.6) is 5.75 Å². The van der Waals surface area contributed by atoms with Crippen LogP contribution in [0.25, 0.3) is 0 Å². The standard InChI is InChI=1S/C18H27N3O5S2/c1-4-27(22,23)20-15-10-11-17(16(12-15)26-3)28(24,25)21-18(2,13-19)14-8-6-5-7-9-14/h10-12,14,20-21H,4-9H2,1-3H3/t18-/m0/s1. The highest BCUT2D eigenvalue weighted by Crippen LogP contribution is 2.35. The van der Waals surface area contributed by atoms with Crippen LogP contribution in [-0.2, 0) is 20.0 Å². The van der Waals surface area contributed by atoms with Gasteiger partial charge >= 0.3 is 0 Å². The van der Waals surface area contributed by atoms with Crippen LogP contribution in [0.3, 0.4) is 0 Å². The van der Waals surface area contributed by atoms with Crippen LogP contribution in [0.2, 0.25) is 0 Å². The van der Waals surface area contributed by atoms with E-state index >= 15 is 0 Å². The summed E-state index contributed by atoms with van der Waals surface area (Å²) in [5.74, 6) is -0.186. The van der Waals surface area contributed by atoms with Crippen LogP contribution in [-0.4, -0.2) is 35.2 Å². The Kier molecular flexibility index (Phi) is 6.96. The molecule has 2 rings (SSSR count). The zero-order valence-electron chi connectivity index (χ0n) is 16.4. The number of nitriles is 1. The van der Waals surface area contributed by atoms with Crippen LogP contribution in [0.1, 0.15) is 46.0 Å². The van der Waals surface area contributed by atoms with Gasteiger partial charge in [-0.3, -0.25) is 4.72 Å². The highest BCUT2D eigenvalue weighted by atomic mass is 32.2. The maximum Gasteiger partial charge on any atom is 0.245 e. The van der Waals surface area contributed by atoms with E-state index in [4.69, 9.17) is 4.74 Å². The molecule has 156 valence electrons. The molecule has 2 N–H and O–H groups in total. The van der Waals surface area contributed by atoms with Gasteiger partial charge in [0.2, 0.25) is 20.0 Å². The molecule has 0 amide bonds. The number of rotatable bonds is 8. The van der Waals surface area contributed by atoms with Gasteiger partial charge in [-0.1, -0.05) is 19.3 Å². The number of hydrogen-bond donors (Lipinski definition) is 2. The summed E-state index contributed by atoms with van der Waals surface area (Å²) < 4.78 is 59.6. The third-order valence-corrected chi connectivity index (χ3v) is 8.02. The maximum atomic E-state index is 13.0. The van der Waals surface area contributed by atoms with Gasteiger partial charge in [-0.2, -0.15) is 9.98 Å². The Labute approximate surface area is 167 Å². The lowest BCUT2D eigenvalue weighted by Crippen LogP contribution is -2.50. The first-order valence-corrected chi connectivity index (χ1v) is 12.3. The summed E-state index contributed by atoms with van der Waals surface area (Å²) in [5.41, 5.74) is -1.03. The molecule has 1 saturated carbocycles. The van der Waals surface area contributed by atoms with Crippen LogP contribution < -0.4 is 14.2 Å². The minimum absolute atomic E-state index is 0.00672. The molecule has 1 atom stereocenters. The van der Waals surface area contributed by atoms with E-state index in [0.717, 1.165) is 32.1 Å². The Hall–Kier alpha value is -1.83. The summed E-state index contributed by atoms with van der Waals surface area (Å²) in [7, 11) is -6.27. The number of anilines is 1. The van der Waals surface area contributed by atoms with E-state index in [1.165, 1.54) is 32.2 Å². The van der Waals surface area contributed by atoms with E-state index in [0.29, 0.717) is 0 Å². The predicted octanol–water partition coefficient (Wildman–Crippen LogP) is 2.60. The third-order valence-electron chi connectivity index (χ3n) is 5.11. The summed E-state index contributed by atoms with van der Waals surface area (Å²) in [5, 5.41) is 9.69. The molecular weight excluding hydrogens is 402 g/mol. The number of ether oxygens (including phenoxy) is 1. The molecule has 28 heavy (non-hydrogen) atoms. The molecular formula is C18H27N3O5S2. The first-order chi connectivity index (χ1) is 13.1. The third kappa shape index (κ3) is 5.16. The lowest BCUT2D eigenvalue weighted by molar-refractivity contribution is 0.253. The van der Waals surface area contributed by atoms with E-state index in [1.807, 2.05) is 0 Å². The van der Waals surface area contributed by atoms with Gasteiger partial charge in [-0.15, -0.1) is 0 Å². The van der Waals surface area contributed by atoms with Gasteiger partial charge in [0.05, 0.1) is 24.6 Å². The summed E-state index contributed by atoms with van der Waals surface area (Å²) in [4.78, 5) is -0.147. The molecule has 8 nitrogen and oxygen atoms in total. The number of benzene rings is 1. The highest BCUT2D eigenvalue weighted by molar-refractivity contribution is 7.92. The second-order valence-electron chi connectivity index (χ2n) is 7.13. The number of nitrogens with one attached hydrogen (secondary N) is 2. The van der Waals surface area contributed by atoms with Crippen molar-refractivity contribution in [3.63, 3.8) is 0 Å². The lowest BCUT2D eigenvalue weighted by Gasteiger charge is -2.34. The van der Waals surface area contributed by atoms with E-state index in [1.54, 1.807) is 6.92 Å². The topological polar surface area (TPSA) is 125 Å². The fraction of sp³-hybridized carbons (Fsp3) is 0.611. The van der Waals surface area contributed by atoms with E-state index < -0.39 is 25.6 Å². The average molecular weight is 430 g/mol. The zero-order chi connectivity index (χ0) is 21.0. The molecule has 1 aliphatic carbocycles. The van der Waals surface area contributed by atoms with Crippen LogP contribution in [0.4, 0.5) is 5.69 Å². The molecule has 0 bridgehead atoms. The van der Waals surface area contributed by atoms with Gasteiger partial charge < -0.3 is 4.74 Å². The second-order valence-corrected chi connectivity index (χ2v) is 10.8. The van der Waals surface area contributed by atoms with Crippen molar-refractivity contribution < 1.29 is 21.6 Å². The number of methoxy groups -OCH3 is 1. The van der Waals surface area contributed by atoms with E-state index in [2.05, 4.69) is 15.5 Å². The van der Waals surface area contributed by atoms with Crippen LogP contribution in [0.15, 0.2) is 23.1 Å². The second kappa shape index (κ2) is 8.68. The molecule has 10 heteroatoms. The average Bonchev–Trinajstić information content (AvgIpc) is 2.67. The zero-order valence-corrected chi connectivity index (χ0v) is 18.0. The van der Waals surface area contributed by atoms with Crippen molar-refractivity contribution in [2.45, 2.75) is 56.4 Å². The van der Waals surface area contributed by atoms with Gasteiger partial charge in [-0.05, 0) is 44.7 Å². The van der Waals surface area contributed by atoms with Crippen LogP contribution in [0, 0.1) is 17.2 Å². The maximum absolute atomic E-state index is 13.0. The quantitative estimate of drug-likeness (QED) is 0.654. The predicted molar refractivity (Wildman–Crippen MR) is 107 cm³/mol. The Bertz CT molecular complexity index is 948. The van der Waals surface area contributed by atoms with E-state index in [-0.39, 0.29) is 28.0 Å². The summed E-state index contributed by atoms with van der Waals surface area (Å²) >= 11 is 0. The molecule has 1 fully saturated rings. The van der Waals surface area contributed by atoms with Crippen molar-refractivity contribution in [1.29, 1.82) is 5.26 Å². The molecule has 0 saturated heterocycles. The van der Waals surface area contributed by atoms with Crippen molar-refractivity contribution in [1.82, 2.24) is 4.72 Å². The molecule has 0 radical (unpaired) electrons. The normalized spacial score (nSPS) is 18.1. The molecule has 0 spiro atoms. The minimum Gasteiger partial charge on any atom is -0.495 e. The number of hydrogen-bond acceptors (Lipinski definition) is 6. The largest absolute Gasteiger partial charge is 0.495 e. The minimum atomic E-state index is -4.06. The molecule has 1 aliphatic rings. The first-order valence-electron chi connectivity index (χ1n) is 9.20. The molecule has 0 heterocycles. The molecule has 1 aromatic rings. The summed E-state index contributed by atoms with van der Waals surface area (Å²) in [6.07, 6.45) is 4.62.